The molecule has 4 rings (SSSR count). The van der Waals surface area contributed by atoms with E-state index in [-0.39, 0.29) is 45.4 Å². The van der Waals surface area contributed by atoms with Crippen LogP contribution in [0.25, 0.3) is 0 Å². The number of hydrogen-bond acceptors (Lipinski definition) is 6. The molecule has 0 aromatic heterocycles. The van der Waals surface area contributed by atoms with E-state index in [0.29, 0.717) is 25.0 Å². The first-order valence-corrected chi connectivity index (χ1v) is 17.5. The van der Waals surface area contributed by atoms with Gasteiger partial charge in [-0.25, -0.2) is 16.8 Å². The number of nitrogens with one attached hydrogen (secondary N) is 4. The maximum Gasteiger partial charge on any atom is 0.416 e. The monoisotopic (exact) mass is 742 g/mol. The topological polar surface area (TPSA) is 151 Å². The number of anilines is 2. The Morgan fingerprint density at radius 1 is 0.520 bits per heavy atom. The molecule has 0 bridgehead atoms. The summed E-state index contributed by atoms with van der Waals surface area (Å²) in [5.74, 6) is -1.25. The number of rotatable bonds is 13. The van der Waals surface area contributed by atoms with E-state index in [4.69, 9.17) is 0 Å². The highest BCUT2D eigenvalue weighted by Gasteiger charge is 2.32. The van der Waals surface area contributed by atoms with Gasteiger partial charge < -0.3 is 10.6 Å². The van der Waals surface area contributed by atoms with Crippen molar-refractivity contribution in [1.29, 1.82) is 0 Å². The molecule has 0 saturated heterocycles. The minimum absolute atomic E-state index is 0.0254. The van der Waals surface area contributed by atoms with Gasteiger partial charge in [-0.15, -0.1) is 0 Å². The molecule has 18 heteroatoms. The van der Waals surface area contributed by atoms with Gasteiger partial charge in [0.15, 0.2) is 0 Å². The Kier molecular flexibility index (Phi) is 11.5. The van der Waals surface area contributed by atoms with Crippen molar-refractivity contribution in [2.24, 2.45) is 0 Å². The summed E-state index contributed by atoms with van der Waals surface area (Å²) in [5, 5.41) is 5.20. The number of alkyl halides is 6. The summed E-state index contributed by atoms with van der Waals surface area (Å²) in [6.45, 7) is 0.256. The third kappa shape index (κ3) is 10.2. The van der Waals surface area contributed by atoms with Crippen molar-refractivity contribution in [3.8, 4) is 0 Å². The van der Waals surface area contributed by atoms with Crippen molar-refractivity contribution in [2.75, 3.05) is 22.5 Å². The van der Waals surface area contributed by atoms with E-state index in [1.54, 1.807) is 0 Å². The number of hydrogen-bond donors (Lipinski definition) is 4. The lowest BCUT2D eigenvalue weighted by molar-refractivity contribution is -0.138. The zero-order chi connectivity index (χ0) is 36.7. The number of unbranched alkanes of at least 4 members (excludes halogenated alkanes) is 1. The van der Waals surface area contributed by atoms with Crippen LogP contribution in [0.2, 0.25) is 0 Å². The van der Waals surface area contributed by atoms with Crippen LogP contribution in [-0.2, 0) is 32.4 Å². The average Bonchev–Trinajstić information content (AvgIpc) is 3.05. The summed E-state index contributed by atoms with van der Waals surface area (Å²) in [7, 11) is -8.68. The highest BCUT2D eigenvalue weighted by molar-refractivity contribution is 7.93. The van der Waals surface area contributed by atoms with Crippen LogP contribution >= 0.6 is 0 Å². The van der Waals surface area contributed by atoms with E-state index in [1.807, 2.05) is 0 Å². The standard InChI is InChI=1S/C32H28F6N4O6S2/c33-31(34,35)23-9-5-11-25(19-23)41-49(45,46)27-13-3-7-21(17-27)29(43)39-15-1-2-16-40-30(44)22-8-4-14-28(18-22)50(47,48)42-26-12-6-10-24(20-26)32(36,37)38/h3-14,17-20,41-42H,1-2,15-16H2,(H,39,43)(H,40,44). The first-order valence-electron chi connectivity index (χ1n) is 14.5. The second kappa shape index (κ2) is 15.2. The van der Waals surface area contributed by atoms with Crippen LogP contribution in [0.1, 0.15) is 44.7 Å². The number of carbonyl (C=O) groups excluding carboxylic acids is 2. The summed E-state index contributed by atoms with van der Waals surface area (Å²) in [6, 6.07) is 17.0. The first kappa shape index (κ1) is 37.7. The molecule has 0 aliphatic rings. The number of halogens is 6. The van der Waals surface area contributed by atoms with Crippen LogP contribution in [0, 0.1) is 0 Å². The predicted molar refractivity (Wildman–Crippen MR) is 171 cm³/mol. The molecule has 0 atom stereocenters. The molecule has 0 radical (unpaired) electrons. The Morgan fingerprint density at radius 2 is 0.880 bits per heavy atom. The molecule has 0 spiro atoms. The van der Waals surface area contributed by atoms with E-state index < -0.39 is 55.3 Å². The molecule has 4 N–H and O–H groups in total. The molecule has 0 heterocycles. The first-order chi connectivity index (χ1) is 23.3. The van der Waals surface area contributed by atoms with Gasteiger partial charge in [0.05, 0.1) is 20.9 Å². The molecule has 4 aromatic carbocycles. The molecule has 0 fully saturated rings. The molecule has 266 valence electrons. The van der Waals surface area contributed by atoms with Crippen molar-refractivity contribution in [1.82, 2.24) is 10.6 Å². The number of benzene rings is 4. The molecule has 0 unspecified atom stereocenters. The van der Waals surface area contributed by atoms with E-state index in [9.17, 15) is 52.8 Å². The Morgan fingerprint density at radius 3 is 1.24 bits per heavy atom. The van der Waals surface area contributed by atoms with Gasteiger partial charge in [-0.1, -0.05) is 24.3 Å². The number of amides is 2. The van der Waals surface area contributed by atoms with Crippen molar-refractivity contribution < 1.29 is 52.8 Å². The third-order valence-electron chi connectivity index (χ3n) is 6.87. The van der Waals surface area contributed by atoms with Crippen molar-refractivity contribution in [3.63, 3.8) is 0 Å². The second-order valence-electron chi connectivity index (χ2n) is 10.6. The highest BCUT2D eigenvalue weighted by Crippen LogP contribution is 2.32. The highest BCUT2D eigenvalue weighted by atomic mass is 32.2. The lowest BCUT2D eigenvalue weighted by Gasteiger charge is -2.12. The predicted octanol–water partition coefficient (Wildman–Crippen LogP) is 6.27. The minimum atomic E-state index is -4.68. The lowest BCUT2D eigenvalue weighted by Crippen LogP contribution is -2.27. The second-order valence-corrected chi connectivity index (χ2v) is 14.0. The Hall–Kier alpha value is -5.10. The van der Waals surface area contributed by atoms with Gasteiger partial charge in [-0.2, -0.15) is 26.3 Å². The van der Waals surface area contributed by atoms with Gasteiger partial charge in [0.25, 0.3) is 31.9 Å². The lowest BCUT2D eigenvalue weighted by atomic mass is 10.2. The minimum Gasteiger partial charge on any atom is -0.352 e. The van der Waals surface area contributed by atoms with Crippen LogP contribution in [0.15, 0.2) is 107 Å². The molecule has 50 heavy (non-hydrogen) atoms. The summed E-state index contributed by atoms with van der Waals surface area (Å²) < 4.78 is 133. The Bertz CT molecular complexity index is 1940. The number of carbonyl (C=O) groups is 2. The van der Waals surface area contributed by atoms with E-state index in [1.165, 1.54) is 36.4 Å². The summed E-state index contributed by atoms with van der Waals surface area (Å²) >= 11 is 0. The van der Waals surface area contributed by atoms with Crippen LogP contribution in [0.4, 0.5) is 37.7 Å². The molecule has 0 aliphatic carbocycles. The summed E-state index contributed by atoms with van der Waals surface area (Å²) in [5.41, 5.74) is -2.77. The van der Waals surface area contributed by atoms with Crippen LogP contribution in [0.5, 0.6) is 0 Å². The Balaban J connectivity index is 1.25. The smallest absolute Gasteiger partial charge is 0.352 e. The fourth-order valence-corrected chi connectivity index (χ4v) is 6.60. The summed E-state index contributed by atoms with van der Waals surface area (Å²) in [6.07, 6.45) is -8.61. The maximum absolute atomic E-state index is 13.0. The Labute approximate surface area is 283 Å². The van der Waals surface area contributed by atoms with Crippen LogP contribution in [0.3, 0.4) is 0 Å². The molecule has 2 amide bonds. The normalized spacial score (nSPS) is 12.2. The van der Waals surface area contributed by atoms with E-state index in [0.717, 1.165) is 48.5 Å². The molecule has 0 saturated carbocycles. The van der Waals surface area contributed by atoms with Crippen molar-refractivity contribution in [2.45, 2.75) is 35.0 Å². The SMILES string of the molecule is O=C(NCCCCNC(=O)c1cccc(S(=O)(=O)Nc2cccc(C(F)(F)F)c2)c1)c1cccc(S(=O)(=O)Nc2cccc(C(F)(F)F)c2)c1. The number of sulfonamides is 2. The molecule has 10 nitrogen and oxygen atoms in total. The average molecular weight is 743 g/mol. The summed E-state index contributed by atoms with van der Waals surface area (Å²) in [4.78, 5) is 24.5. The van der Waals surface area contributed by atoms with Crippen LogP contribution in [-0.4, -0.2) is 41.7 Å². The molecular formula is C32H28F6N4O6S2. The zero-order valence-corrected chi connectivity index (χ0v) is 27.2. The van der Waals surface area contributed by atoms with Gasteiger partial charge in [0, 0.05) is 35.6 Å². The fourth-order valence-electron chi connectivity index (χ4n) is 4.41. The van der Waals surface area contributed by atoms with Crippen molar-refractivity contribution in [3.05, 3.63) is 119 Å². The molecule has 4 aromatic rings. The third-order valence-corrected chi connectivity index (χ3v) is 9.63. The van der Waals surface area contributed by atoms with E-state index >= 15 is 0 Å². The van der Waals surface area contributed by atoms with Gasteiger partial charge >= 0.3 is 12.4 Å². The quantitative estimate of drug-likeness (QED) is 0.0938. The van der Waals surface area contributed by atoms with Gasteiger partial charge in [-0.3, -0.25) is 19.0 Å². The largest absolute Gasteiger partial charge is 0.416 e. The van der Waals surface area contributed by atoms with E-state index in [2.05, 4.69) is 20.1 Å². The van der Waals surface area contributed by atoms with Gasteiger partial charge in [-0.05, 0) is 85.6 Å². The van der Waals surface area contributed by atoms with Gasteiger partial charge in [0.1, 0.15) is 0 Å². The van der Waals surface area contributed by atoms with Gasteiger partial charge in [0.2, 0.25) is 0 Å². The zero-order valence-electron chi connectivity index (χ0n) is 25.6. The fraction of sp³-hybridized carbons (Fsp3) is 0.188. The van der Waals surface area contributed by atoms with Crippen molar-refractivity contribution >= 4 is 43.2 Å². The maximum atomic E-state index is 13.0. The van der Waals surface area contributed by atoms with Crippen LogP contribution < -0.4 is 20.1 Å². The molecule has 0 aliphatic heterocycles. The molecular weight excluding hydrogens is 714 g/mol.